The van der Waals surface area contributed by atoms with E-state index in [1.165, 1.54) is 6.08 Å². The van der Waals surface area contributed by atoms with Crippen LogP contribution in [0.15, 0.2) is 41.9 Å². The maximum absolute atomic E-state index is 12.7. The predicted octanol–water partition coefficient (Wildman–Crippen LogP) is 2.16. The fourth-order valence-electron chi connectivity index (χ4n) is 2.82. The monoisotopic (exact) mass is 394 g/mol. The Morgan fingerprint density at radius 3 is 2.65 bits per heavy atom. The molecule has 7 nitrogen and oxygen atoms in total. The summed E-state index contributed by atoms with van der Waals surface area (Å²) in [5.41, 5.74) is 0.700. The van der Waals surface area contributed by atoms with Crippen LogP contribution >= 0.6 is 11.6 Å². The topological polar surface area (TPSA) is 84.3 Å². The summed E-state index contributed by atoms with van der Waals surface area (Å²) in [5, 5.41) is 5.70. The van der Waals surface area contributed by atoms with Crippen molar-refractivity contribution in [3.63, 3.8) is 0 Å². The van der Waals surface area contributed by atoms with Gasteiger partial charge in [0.1, 0.15) is 11.9 Å². The average Bonchev–Trinajstić information content (AvgIpc) is 3.02. The first-order valence-corrected chi connectivity index (χ1v) is 10.0. The first kappa shape index (κ1) is 18.6. The minimum absolute atomic E-state index is 0.275. The number of hydrogen-bond acceptors (Lipinski definition) is 4. The maximum Gasteiger partial charge on any atom is 0.246 e. The van der Waals surface area contributed by atoms with Gasteiger partial charge < -0.3 is 0 Å². The Labute approximate surface area is 157 Å². The van der Waals surface area contributed by atoms with E-state index in [0.717, 1.165) is 5.41 Å². The molecule has 1 aliphatic heterocycles. The van der Waals surface area contributed by atoms with Crippen LogP contribution in [0.4, 0.5) is 5.82 Å². The Hall–Kier alpha value is -2.16. The first-order chi connectivity index (χ1) is 12.4. The van der Waals surface area contributed by atoms with Crippen molar-refractivity contribution in [2.24, 2.45) is 7.05 Å². The zero-order valence-corrected chi connectivity index (χ0v) is 15.7. The third-order valence-corrected chi connectivity index (χ3v) is 5.49. The Balaban J connectivity index is 1.71. The van der Waals surface area contributed by atoms with E-state index in [4.69, 9.17) is 11.6 Å². The molecular weight excluding hydrogens is 376 g/mol. The summed E-state index contributed by atoms with van der Waals surface area (Å²) in [7, 11) is -2.02. The van der Waals surface area contributed by atoms with E-state index in [1.807, 2.05) is 0 Å². The van der Waals surface area contributed by atoms with Crippen LogP contribution in [0.3, 0.4) is 0 Å². The minimum Gasteiger partial charge on any atom is -0.296 e. The van der Waals surface area contributed by atoms with Crippen LogP contribution in [0, 0.1) is 0 Å². The molecule has 0 aliphatic carbocycles. The Bertz CT molecular complexity index is 922. The lowest BCUT2D eigenvalue weighted by Gasteiger charge is -2.31. The normalized spacial score (nSPS) is 18.6. The lowest BCUT2D eigenvalue weighted by molar-refractivity contribution is -0.121. The van der Waals surface area contributed by atoms with E-state index >= 15 is 0 Å². The predicted molar refractivity (Wildman–Crippen MR) is 101 cm³/mol. The van der Waals surface area contributed by atoms with Crippen molar-refractivity contribution in [2.45, 2.75) is 18.9 Å². The molecule has 9 heteroatoms. The number of nitrogens with zero attached hydrogens (tertiary/aromatic N) is 3. The number of nitrogens with one attached hydrogen (secondary N) is 1. The smallest absolute Gasteiger partial charge is 0.246 e. The van der Waals surface area contributed by atoms with Crippen molar-refractivity contribution >= 4 is 39.4 Å². The third-order valence-electron chi connectivity index (χ3n) is 4.13. The summed E-state index contributed by atoms with van der Waals surface area (Å²) in [5.74, 6) is 0.374. The molecule has 1 aromatic heterocycles. The number of hydrogen-bond donors (Lipinski definition) is 1. The molecule has 1 aliphatic rings. The van der Waals surface area contributed by atoms with Crippen LogP contribution in [-0.4, -0.2) is 36.7 Å². The molecule has 0 bridgehead atoms. The number of sulfonamides is 1. The molecule has 0 radical (unpaired) electrons. The minimum atomic E-state index is -3.76. The average molecular weight is 395 g/mol. The van der Waals surface area contributed by atoms with Gasteiger partial charge in [-0.05, 0) is 36.6 Å². The third kappa shape index (κ3) is 4.32. The largest absolute Gasteiger partial charge is 0.296 e. The molecule has 1 fully saturated rings. The van der Waals surface area contributed by atoms with Crippen molar-refractivity contribution in [2.75, 3.05) is 11.4 Å². The number of piperidine rings is 1. The van der Waals surface area contributed by atoms with Gasteiger partial charge in [0, 0.05) is 30.1 Å². The second-order valence-corrected chi connectivity index (χ2v) is 8.05. The quantitative estimate of drug-likeness (QED) is 0.842. The number of halogens is 1. The van der Waals surface area contributed by atoms with E-state index in [1.54, 1.807) is 53.2 Å². The highest BCUT2D eigenvalue weighted by molar-refractivity contribution is 7.92. The molecule has 1 unspecified atom stereocenters. The molecular formula is C17H19ClN4O3S. The Morgan fingerprint density at radius 1 is 1.27 bits per heavy atom. The molecule has 3 rings (SSSR count). The van der Waals surface area contributed by atoms with Gasteiger partial charge >= 0.3 is 0 Å². The van der Waals surface area contributed by atoms with Crippen LogP contribution in [0.2, 0.25) is 5.02 Å². The zero-order valence-electron chi connectivity index (χ0n) is 14.2. The van der Waals surface area contributed by atoms with Gasteiger partial charge in [0.25, 0.3) is 0 Å². The molecule has 1 atom stereocenters. The van der Waals surface area contributed by atoms with Crippen LogP contribution in [0.1, 0.15) is 18.4 Å². The molecule has 1 N–H and O–H groups in total. The van der Waals surface area contributed by atoms with Crippen LogP contribution < -0.4 is 9.62 Å². The van der Waals surface area contributed by atoms with Gasteiger partial charge in [-0.2, -0.15) is 9.82 Å². The Morgan fingerprint density at radius 2 is 2.00 bits per heavy atom. The standard InChI is InChI=1S/C17H19ClN4O3S/c1-21-16(8-10-19-21)22-11-2-3-15(17(22)23)20-26(24,25)12-9-13-4-6-14(18)7-5-13/h4-10,12,15,20H,2-3,11H2,1H3/b12-9+. The number of carbonyl (C=O) groups is 1. The van der Waals surface area contributed by atoms with Gasteiger partial charge in [0.05, 0.1) is 6.20 Å². The zero-order chi connectivity index (χ0) is 18.7. The summed E-state index contributed by atoms with van der Waals surface area (Å²) in [6.07, 6.45) is 4.22. The summed E-state index contributed by atoms with van der Waals surface area (Å²) >= 11 is 5.81. The van der Waals surface area contributed by atoms with Crippen LogP contribution in [0.25, 0.3) is 6.08 Å². The fraction of sp³-hybridized carbons (Fsp3) is 0.294. The lowest BCUT2D eigenvalue weighted by atomic mass is 10.1. The van der Waals surface area contributed by atoms with E-state index in [-0.39, 0.29) is 5.91 Å². The summed E-state index contributed by atoms with van der Waals surface area (Å²) in [6, 6.07) is 7.72. The molecule has 1 saturated heterocycles. The van der Waals surface area contributed by atoms with E-state index < -0.39 is 16.1 Å². The molecule has 1 amide bonds. The highest BCUT2D eigenvalue weighted by Crippen LogP contribution is 2.21. The molecule has 2 heterocycles. The number of rotatable bonds is 5. The summed E-state index contributed by atoms with van der Waals surface area (Å²) < 4.78 is 28.7. The van der Waals surface area contributed by atoms with Gasteiger partial charge in [-0.3, -0.25) is 14.4 Å². The number of amides is 1. The van der Waals surface area contributed by atoms with Gasteiger partial charge in [0.15, 0.2) is 0 Å². The van der Waals surface area contributed by atoms with E-state index in [2.05, 4.69) is 9.82 Å². The molecule has 1 aromatic carbocycles. The number of anilines is 1. The fourth-order valence-corrected chi connectivity index (χ4v) is 3.98. The molecule has 138 valence electrons. The number of benzene rings is 1. The van der Waals surface area contributed by atoms with Gasteiger partial charge in [-0.15, -0.1) is 0 Å². The highest BCUT2D eigenvalue weighted by atomic mass is 35.5. The SMILES string of the molecule is Cn1nccc1N1CCCC(NS(=O)(=O)/C=C/c2ccc(Cl)cc2)C1=O. The highest BCUT2D eigenvalue weighted by Gasteiger charge is 2.33. The van der Waals surface area contributed by atoms with Crippen molar-refractivity contribution in [1.82, 2.24) is 14.5 Å². The van der Waals surface area contributed by atoms with Crippen molar-refractivity contribution in [3.05, 3.63) is 52.5 Å². The summed E-state index contributed by atoms with van der Waals surface area (Å²) in [6.45, 7) is 0.539. The van der Waals surface area contributed by atoms with Gasteiger partial charge in [-0.1, -0.05) is 23.7 Å². The second kappa shape index (κ2) is 7.61. The van der Waals surface area contributed by atoms with Crippen molar-refractivity contribution in [1.29, 1.82) is 0 Å². The summed E-state index contributed by atoms with van der Waals surface area (Å²) in [4.78, 5) is 14.2. The molecule has 2 aromatic rings. The van der Waals surface area contributed by atoms with Crippen molar-refractivity contribution in [3.8, 4) is 0 Å². The maximum atomic E-state index is 12.7. The van der Waals surface area contributed by atoms with Crippen LogP contribution in [0.5, 0.6) is 0 Å². The van der Waals surface area contributed by atoms with Crippen LogP contribution in [-0.2, 0) is 21.9 Å². The lowest BCUT2D eigenvalue weighted by Crippen LogP contribution is -2.52. The second-order valence-electron chi connectivity index (χ2n) is 6.01. The van der Waals surface area contributed by atoms with Gasteiger partial charge in [0.2, 0.25) is 15.9 Å². The number of aromatic nitrogens is 2. The van der Waals surface area contributed by atoms with Crippen molar-refractivity contribution < 1.29 is 13.2 Å². The molecule has 0 saturated carbocycles. The molecule has 0 spiro atoms. The number of aryl methyl sites for hydroxylation is 1. The van der Waals surface area contributed by atoms with Gasteiger partial charge in [-0.25, -0.2) is 8.42 Å². The number of carbonyl (C=O) groups excluding carboxylic acids is 1. The van der Waals surface area contributed by atoms with E-state index in [0.29, 0.717) is 35.8 Å². The molecule has 26 heavy (non-hydrogen) atoms. The first-order valence-electron chi connectivity index (χ1n) is 8.11. The Kier molecular flexibility index (Phi) is 5.45. The van der Waals surface area contributed by atoms with E-state index in [9.17, 15) is 13.2 Å².